The van der Waals surface area contributed by atoms with Gasteiger partial charge in [0.2, 0.25) is 0 Å². The van der Waals surface area contributed by atoms with Crippen LogP contribution in [0.5, 0.6) is 0 Å². The molecule has 0 fully saturated rings. The van der Waals surface area contributed by atoms with Crippen LogP contribution in [0.3, 0.4) is 0 Å². The van der Waals surface area contributed by atoms with Crippen molar-refractivity contribution in [2.45, 2.75) is 40.3 Å². The lowest BCUT2D eigenvalue weighted by atomic mass is 9.86. The minimum absolute atomic E-state index is 0.0370. The second-order valence-electron chi connectivity index (χ2n) is 6.89. The van der Waals surface area contributed by atoms with Gasteiger partial charge in [0.05, 0.1) is 24.3 Å². The molecule has 23 heavy (non-hydrogen) atoms. The highest BCUT2D eigenvalue weighted by atomic mass is 15.4. The number of pyridine rings is 1. The van der Waals surface area contributed by atoms with Crippen LogP contribution >= 0.6 is 0 Å². The minimum Gasteiger partial charge on any atom is -0.335 e. The first kappa shape index (κ1) is 15.4. The zero-order chi connectivity index (χ0) is 16.4. The number of nitrogens with zero attached hydrogens (tertiary/aromatic N) is 6. The Labute approximate surface area is 136 Å². The zero-order valence-corrected chi connectivity index (χ0v) is 14.0. The lowest BCUT2D eigenvalue weighted by molar-refractivity contribution is 0.196. The van der Waals surface area contributed by atoms with Crippen LogP contribution in [0.15, 0.2) is 43.1 Å². The van der Waals surface area contributed by atoms with E-state index in [0.717, 1.165) is 23.6 Å². The van der Waals surface area contributed by atoms with Gasteiger partial charge in [-0.25, -0.2) is 9.67 Å². The van der Waals surface area contributed by atoms with E-state index in [1.165, 1.54) is 0 Å². The molecule has 3 aromatic heterocycles. The molecule has 3 rings (SSSR count). The Morgan fingerprint density at radius 1 is 1.17 bits per heavy atom. The van der Waals surface area contributed by atoms with E-state index in [-0.39, 0.29) is 11.5 Å². The summed E-state index contributed by atoms with van der Waals surface area (Å²) in [6, 6.07) is 6.10. The lowest BCUT2D eigenvalue weighted by Crippen LogP contribution is -2.28. The molecule has 0 saturated carbocycles. The molecule has 3 aromatic rings. The van der Waals surface area contributed by atoms with Crippen molar-refractivity contribution in [1.82, 2.24) is 29.5 Å². The van der Waals surface area contributed by atoms with Crippen LogP contribution in [0, 0.1) is 12.3 Å². The largest absolute Gasteiger partial charge is 0.335 e. The van der Waals surface area contributed by atoms with E-state index in [4.69, 9.17) is 0 Å². The molecular weight excluding hydrogens is 288 g/mol. The average Bonchev–Trinajstić information content (AvgIpc) is 3.15. The van der Waals surface area contributed by atoms with Gasteiger partial charge in [-0.05, 0) is 24.5 Å². The maximum Gasteiger partial charge on any atom is 0.131 e. The van der Waals surface area contributed by atoms with Crippen LogP contribution in [-0.4, -0.2) is 29.5 Å². The number of rotatable bonds is 4. The molecule has 0 unspecified atom stereocenters. The van der Waals surface area contributed by atoms with E-state index in [1.54, 1.807) is 6.20 Å². The summed E-state index contributed by atoms with van der Waals surface area (Å²) in [5.74, 6) is 0. The molecule has 0 aliphatic heterocycles. The highest BCUT2D eigenvalue weighted by molar-refractivity contribution is 5.52. The molecule has 0 radical (unpaired) electrons. The first-order chi connectivity index (χ1) is 10.9. The minimum atomic E-state index is 0.0370. The van der Waals surface area contributed by atoms with Crippen LogP contribution < -0.4 is 0 Å². The van der Waals surface area contributed by atoms with Crippen molar-refractivity contribution < 1.29 is 0 Å². The van der Waals surface area contributed by atoms with Crippen LogP contribution in [0.1, 0.15) is 32.5 Å². The van der Waals surface area contributed by atoms with E-state index in [9.17, 15) is 0 Å². The van der Waals surface area contributed by atoms with Gasteiger partial charge in [-0.1, -0.05) is 32.1 Å². The Kier molecular flexibility index (Phi) is 3.98. The van der Waals surface area contributed by atoms with Gasteiger partial charge in [-0.2, -0.15) is 0 Å². The monoisotopic (exact) mass is 310 g/mol. The van der Waals surface area contributed by atoms with Crippen LogP contribution in [0.2, 0.25) is 0 Å². The summed E-state index contributed by atoms with van der Waals surface area (Å²) in [6.45, 7) is 9.40. The van der Waals surface area contributed by atoms with Crippen LogP contribution in [-0.2, 0) is 6.54 Å². The fourth-order valence-electron chi connectivity index (χ4n) is 2.58. The van der Waals surface area contributed by atoms with E-state index in [0.29, 0.717) is 0 Å². The quantitative estimate of drug-likeness (QED) is 0.743. The molecule has 0 spiro atoms. The SMILES string of the molecule is Cc1cccc(-c2cn([C@@H](Cn3ccnc3)C(C)(C)C)nn2)n1. The van der Waals surface area contributed by atoms with Crippen molar-refractivity contribution in [2.24, 2.45) is 5.41 Å². The fraction of sp³-hybridized carbons (Fsp3) is 0.412. The molecule has 0 aliphatic rings. The maximum atomic E-state index is 4.52. The number of imidazole rings is 1. The van der Waals surface area contributed by atoms with E-state index < -0.39 is 0 Å². The van der Waals surface area contributed by atoms with Crippen molar-refractivity contribution >= 4 is 0 Å². The van der Waals surface area contributed by atoms with Crippen molar-refractivity contribution in [3.05, 3.63) is 48.8 Å². The second kappa shape index (κ2) is 5.95. The summed E-state index contributed by atoms with van der Waals surface area (Å²) >= 11 is 0. The van der Waals surface area contributed by atoms with Gasteiger partial charge >= 0.3 is 0 Å². The second-order valence-corrected chi connectivity index (χ2v) is 6.89. The van der Waals surface area contributed by atoms with Gasteiger partial charge < -0.3 is 4.57 Å². The molecule has 6 heteroatoms. The Balaban J connectivity index is 1.91. The van der Waals surface area contributed by atoms with Crippen molar-refractivity contribution in [1.29, 1.82) is 0 Å². The molecule has 6 nitrogen and oxygen atoms in total. The van der Waals surface area contributed by atoms with Crippen LogP contribution in [0.25, 0.3) is 11.4 Å². The van der Waals surface area contributed by atoms with E-state index >= 15 is 0 Å². The predicted octanol–water partition coefficient (Wildman–Crippen LogP) is 3.13. The van der Waals surface area contributed by atoms with Crippen molar-refractivity contribution in [2.75, 3.05) is 0 Å². The number of hydrogen-bond donors (Lipinski definition) is 0. The van der Waals surface area contributed by atoms with Gasteiger partial charge in [0, 0.05) is 24.6 Å². The molecule has 120 valence electrons. The van der Waals surface area contributed by atoms with Crippen LogP contribution in [0.4, 0.5) is 0 Å². The van der Waals surface area contributed by atoms with Crippen molar-refractivity contribution in [3.63, 3.8) is 0 Å². The standard InChI is InChI=1S/C17H22N6/c1-13-6-5-7-14(19-13)15-10-23(21-20-15)16(17(2,3)4)11-22-9-8-18-12-22/h5-10,12,16H,11H2,1-4H3/t16-/m0/s1. The Morgan fingerprint density at radius 3 is 2.65 bits per heavy atom. The molecular formula is C17H22N6. The molecule has 3 heterocycles. The molecule has 0 saturated heterocycles. The number of aromatic nitrogens is 6. The maximum absolute atomic E-state index is 4.52. The molecule has 1 atom stereocenters. The third-order valence-corrected chi connectivity index (χ3v) is 3.92. The molecule has 0 N–H and O–H groups in total. The summed E-state index contributed by atoms with van der Waals surface area (Å²) in [7, 11) is 0. The number of hydrogen-bond acceptors (Lipinski definition) is 4. The third kappa shape index (κ3) is 3.47. The van der Waals surface area contributed by atoms with Gasteiger partial charge in [0.25, 0.3) is 0 Å². The number of aryl methyl sites for hydroxylation is 1. The molecule has 0 bridgehead atoms. The zero-order valence-electron chi connectivity index (χ0n) is 14.0. The molecule has 0 aliphatic carbocycles. The Hall–Kier alpha value is -2.50. The third-order valence-electron chi connectivity index (χ3n) is 3.92. The lowest BCUT2D eigenvalue weighted by Gasteiger charge is -2.30. The first-order valence-electron chi connectivity index (χ1n) is 7.75. The smallest absolute Gasteiger partial charge is 0.131 e. The highest BCUT2D eigenvalue weighted by Crippen LogP contribution is 2.32. The summed E-state index contributed by atoms with van der Waals surface area (Å²) in [5.41, 5.74) is 2.66. The van der Waals surface area contributed by atoms with Gasteiger partial charge in [0.1, 0.15) is 5.69 Å². The van der Waals surface area contributed by atoms with Gasteiger partial charge in [-0.3, -0.25) is 4.98 Å². The fourth-order valence-corrected chi connectivity index (χ4v) is 2.58. The Bertz CT molecular complexity index is 766. The molecule has 0 amide bonds. The summed E-state index contributed by atoms with van der Waals surface area (Å²) in [6.07, 6.45) is 7.58. The highest BCUT2D eigenvalue weighted by Gasteiger charge is 2.28. The van der Waals surface area contributed by atoms with Crippen molar-refractivity contribution in [3.8, 4) is 11.4 Å². The van der Waals surface area contributed by atoms with E-state index in [2.05, 4.69) is 45.6 Å². The average molecular weight is 310 g/mol. The van der Waals surface area contributed by atoms with E-state index in [1.807, 2.05) is 48.5 Å². The summed E-state index contributed by atoms with van der Waals surface area (Å²) < 4.78 is 4.02. The van der Waals surface area contributed by atoms with Gasteiger partial charge in [-0.15, -0.1) is 5.10 Å². The topological polar surface area (TPSA) is 61.4 Å². The molecule has 0 aromatic carbocycles. The summed E-state index contributed by atoms with van der Waals surface area (Å²) in [5, 5.41) is 8.68. The normalized spacial score (nSPS) is 13.2. The van der Waals surface area contributed by atoms with Gasteiger partial charge in [0.15, 0.2) is 0 Å². The predicted molar refractivity (Wildman–Crippen MR) is 88.7 cm³/mol. The first-order valence-corrected chi connectivity index (χ1v) is 7.75. The Morgan fingerprint density at radius 2 is 2.00 bits per heavy atom. The summed E-state index contributed by atoms with van der Waals surface area (Å²) in [4.78, 5) is 8.64.